The number of hydrogen-bond donors (Lipinski definition) is 0. The summed E-state index contributed by atoms with van der Waals surface area (Å²) in [7, 11) is 2.90. The Morgan fingerprint density at radius 2 is 2.11 bits per heavy atom. The second-order valence-electron chi connectivity index (χ2n) is 3.67. The first-order valence-electron chi connectivity index (χ1n) is 5.44. The molecule has 7 heteroatoms. The van der Waals surface area contributed by atoms with Gasteiger partial charge in [-0.25, -0.2) is 9.97 Å². The molecule has 0 spiro atoms. The number of aromatic nitrogens is 3. The lowest BCUT2D eigenvalue weighted by molar-refractivity contribution is 0.388. The molecule has 2 heterocycles. The quantitative estimate of drug-likeness (QED) is 0.792. The highest BCUT2D eigenvalue weighted by atomic mass is 35.5. The largest absolute Gasteiger partial charge is 0.489 e. The van der Waals surface area contributed by atoms with Crippen LogP contribution in [0.25, 0.3) is 0 Å². The molecule has 2 rings (SSSR count). The van der Waals surface area contributed by atoms with Gasteiger partial charge in [-0.2, -0.15) is 0 Å². The van der Waals surface area contributed by atoms with Gasteiger partial charge in [0.1, 0.15) is 0 Å². The number of methoxy groups -OCH3 is 2. The van der Waals surface area contributed by atoms with E-state index in [1.54, 1.807) is 12.3 Å². The number of hydrogen-bond acceptors (Lipinski definition) is 5. The van der Waals surface area contributed by atoms with E-state index in [4.69, 9.17) is 21.1 Å². The maximum absolute atomic E-state index is 12.1. The van der Waals surface area contributed by atoms with E-state index >= 15 is 0 Å². The molecule has 0 aliphatic rings. The summed E-state index contributed by atoms with van der Waals surface area (Å²) in [5.41, 5.74) is 0.409. The molecule has 0 aliphatic heterocycles. The van der Waals surface area contributed by atoms with Crippen molar-refractivity contribution in [3.05, 3.63) is 45.7 Å². The fourth-order valence-corrected chi connectivity index (χ4v) is 1.85. The minimum absolute atomic E-state index is 0.0204. The Labute approximate surface area is 114 Å². The molecule has 0 saturated heterocycles. The Morgan fingerprint density at radius 1 is 1.32 bits per heavy atom. The summed E-state index contributed by atoms with van der Waals surface area (Å²) in [6, 6.07) is 3.59. The van der Waals surface area contributed by atoms with Gasteiger partial charge in [0, 0.05) is 11.8 Å². The summed E-state index contributed by atoms with van der Waals surface area (Å²) < 4.78 is 11.4. The van der Waals surface area contributed by atoms with Crippen LogP contribution < -0.4 is 15.0 Å². The van der Waals surface area contributed by atoms with Crippen LogP contribution in [0.2, 0.25) is 5.15 Å². The Morgan fingerprint density at radius 3 is 2.79 bits per heavy atom. The first-order valence-corrected chi connectivity index (χ1v) is 5.82. The van der Waals surface area contributed by atoms with Gasteiger partial charge in [-0.05, 0) is 6.07 Å². The van der Waals surface area contributed by atoms with E-state index < -0.39 is 0 Å². The third-order valence-corrected chi connectivity index (χ3v) is 2.81. The molecule has 0 aromatic carbocycles. The highest BCUT2D eigenvalue weighted by Crippen LogP contribution is 2.17. The van der Waals surface area contributed by atoms with Crippen molar-refractivity contribution < 1.29 is 9.47 Å². The van der Waals surface area contributed by atoms with Gasteiger partial charge in [0.25, 0.3) is 5.56 Å². The van der Waals surface area contributed by atoms with Crippen LogP contribution in [0.1, 0.15) is 5.56 Å². The molecule has 0 bridgehead atoms. The van der Waals surface area contributed by atoms with Crippen LogP contribution in [-0.4, -0.2) is 28.8 Å². The molecule has 2 aromatic heterocycles. The van der Waals surface area contributed by atoms with E-state index in [1.807, 2.05) is 6.07 Å². The molecule has 2 aromatic rings. The van der Waals surface area contributed by atoms with Crippen molar-refractivity contribution in [1.29, 1.82) is 0 Å². The van der Waals surface area contributed by atoms with E-state index in [-0.39, 0.29) is 23.0 Å². The van der Waals surface area contributed by atoms with Crippen molar-refractivity contribution in [3.63, 3.8) is 0 Å². The molecule has 0 atom stereocenters. The van der Waals surface area contributed by atoms with Gasteiger partial charge in [-0.3, -0.25) is 9.36 Å². The lowest BCUT2D eigenvalue weighted by atomic mass is 10.2. The minimum atomic E-state index is -0.353. The van der Waals surface area contributed by atoms with Crippen molar-refractivity contribution in [2.24, 2.45) is 0 Å². The highest BCUT2D eigenvalue weighted by molar-refractivity contribution is 6.30. The third kappa shape index (κ3) is 2.68. The SMILES string of the molecule is COc1ncccc1Cn1cnc(Cl)c(OC)c1=O. The molecular weight excluding hydrogens is 270 g/mol. The van der Waals surface area contributed by atoms with Crippen LogP contribution in [-0.2, 0) is 6.54 Å². The molecule has 0 N–H and O–H groups in total. The molecule has 0 fully saturated rings. The Bertz CT molecular complexity index is 642. The molecule has 0 radical (unpaired) electrons. The lowest BCUT2D eigenvalue weighted by Crippen LogP contribution is -2.23. The molecule has 100 valence electrons. The summed E-state index contributed by atoms with van der Waals surface area (Å²) in [6.45, 7) is 0.274. The molecule has 6 nitrogen and oxygen atoms in total. The summed E-state index contributed by atoms with van der Waals surface area (Å²) in [4.78, 5) is 20.0. The summed E-state index contributed by atoms with van der Waals surface area (Å²) in [6.07, 6.45) is 2.98. The maximum Gasteiger partial charge on any atom is 0.297 e. The predicted molar refractivity (Wildman–Crippen MR) is 70.0 cm³/mol. The fraction of sp³-hybridized carbons (Fsp3) is 0.250. The summed E-state index contributed by atoms with van der Waals surface area (Å²) in [5.74, 6) is 0.482. The second-order valence-corrected chi connectivity index (χ2v) is 4.03. The number of nitrogens with zero attached hydrogens (tertiary/aromatic N) is 3. The molecule has 19 heavy (non-hydrogen) atoms. The first-order chi connectivity index (χ1) is 9.17. The number of pyridine rings is 1. The van der Waals surface area contributed by atoms with Crippen molar-refractivity contribution in [3.8, 4) is 11.6 Å². The zero-order chi connectivity index (χ0) is 13.8. The average Bonchev–Trinajstić information content (AvgIpc) is 2.43. The fourth-order valence-electron chi connectivity index (χ4n) is 1.65. The van der Waals surface area contributed by atoms with Crippen LogP contribution in [0.4, 0.5) is 0 Å². The number of ether oxygens (including phenoxy) is 2. The van der Waals surface area contributed by atoms with Gasteiger partial charge in [0.2, 0.25) is 11.6 Å². The standard InChI is InChI=1S/C12H12ClN3O3/c1-18-9-10(13)15-7-16(12(9)17)6-8-4-3-5-14-11(8)19-2/h3-5,7H,6H2,1-2H3. The predicted octanol–water partition coefficient (Wildman–Crippen LogP) is 1.36. The lowest BCUT2D eigenvalue weighted by Gasteiger charge is -2.10. The Balaban J connectivity index is 2.42. The van der Waals surface area contributed by atoms with E-state index in [1.165, 1.54) is 25.1 Å². The number of halogens is 1. The zero-order valence-electron chi connectivity index (χ0n) is 10.5. The van der Waals surface area contributed by atoms with E-state index in [2.05, 4.69) is 9.97 Å². The van der Waals surface area contributed by atoms with Gasteiger partial charge in [-0.15, -0.1) is 0 Å². The molecular formula is C12H12ClN3O3. The topological polar surface area (TPSA) is 66.2 Å². The molecule has 0 unspecified atom stereocenters. The minimum Gasteiger partial charge on any atom is -0.489 e. The van der Waals surface area contributed by atoms with Crippen LogP contribution >= 0.6 is 11.6 Å². The van der Waals surface area contributed by atoms with Gasteiger partial charge in [0.15, 0.2) is 5.15 Å². The van der Waals surface area contributed by atoms with Crippen molar-refractivity contribution >= 4 is 11.6 Å². The van der Waals surface area contributed by atoms with Gasteiger partial charge in [-0.1, -0.05) is 17.7 Å². The monoisotopic (exact) mass is 281 g/mol. The number of rotatable bonds is 4. The van der Waals surface area contributed by atoms with E-state index in [0.717, 1.165) is 5.56 Å². The summed E-state index contributed by atoms with van der Waals surface area (Å²) in [5, 5.41) is 0.0434. The second kappa shape index (κ2) is 5.71. The third-order valence-electron chi connectivity index (χ3n) is 2.54. The Kier molecular flexibility index (Phi) is 4.01. The van der Waals surface area contributed by atoms with Crippen molar-refractivity contribution in [2.75, 3.05) is 14.2 Å². The smallest absolute Gasteiger partial charge is 0.297 e. The van der Waals surface area contributed by atoms with Gasteiger partial charge >= 0.3 is 0 Å². The summed E-state index contributed by atoms with van der Waals surface area (Å²) >= 11 is 5.78. The first kappa shape index (κ1) is 13.4. The van der Waals surface area contributed by atoms with Gasteiger partial charge in [0.05, 0.1) is 27.1 Å². The van der Waals surface area contributed by atoms with E-state index in [0.29, 0.717) is 5.88 Å². The molecule has 0 saturated carbocycles. The van der Waals surface area contributed by atoms with E-state index in [9.17, 15) is 4.79 Å². The molecule has 0 aliphatic carbocycles. The van der Waals surface area contributed by atoms with Crippen LogP contribution in [0, 0.1) is 0 Å². The highest BCUT2D eigenvalue weighted by Gasteiger charge is 2.12. The van der Waals surface area contributed by atoms with Crippen LogP contribution in [0.3, 0.4) is 0 Å². The van der Waals surface area contributed by atoms with Crippen molar-refractivity contribution in [2.45, 2.75) is 6.54 Å². The Hall–Kier alpha value is -2.08. The van der Waals surface area contributed by atoms with Crippen LogP contribution in [0.15, 0.2) is 29.5 Å². The molecule has 0 amide bonds. The normalized spacial score (nSPS) is 10.3. The van der Waals surface area contributed by atoms with Crippen LogP contribution in [0.5, 0.6) is 11.6 Å². The van der Waals surface area contributed by atoms with Gasteiger partial charge < -0.3 is 9.47 Å². The average molecular weight is 282 g/mol. The zero-order valence-corrected chi connectivity index (χ0v) is 11.2. The maximum atomic E-state index is 12.1. The van der Waals surface area contributed by atoms with Crippen molar-refractivity contribution in [1.82, 2.24) is 14.5 Å².